The van der Waals surface area contributed by atoms with E-state index in [1.54, 1.807) is 0 Å². The third kappa shape index (κ3) is 5.25. The van der Waals surface area contributed by atoms with Crippen LogP contribution in [0.25, 0.3) is 11.1 Å². The lowest BCUT2D eigenvalue weighted by atomic mass is 10.00. The largest absolute Gasteiger partial charge is 0.491 e. The van der Waals surface area contributed by atoms with Crippen LogP contribution < -0.4 is 10.3 Å². The highest BCUT2D eigenvalue weighted by atomic mass is 16.5. The molecule has 7 nitrogen and oxygen atoms in total. The Balaban J connectivity index is 1.53. The number of aliphatic hydroxyl groups is 2. The van der Waals surface area contributed by atoms with Gasteiger partial charge in [0.25, 0.3) is 5.56 Å². The number of aromatic nitrogens is 3. The van der Waals surface area contributed by atoms with Gasteiger partial charge in [0.15, 0.2) is 0 Å². The van der Waals surface area contributed by atoms with Crippen LogP contribution >= 0.6 is 0 Å². The van der Waals surface area contributed by atoms with Crippen molar-refractivity contribution in [2.24, 2.45) is 0 Å². The van der Waals surface area contributed by atoms with Crippen LogP contribution in [-0.4, -0.2) is 44.0 Å². The normalized spacial score (nSPS) is 13.1. The van der Waals surface area contributed by atoms with Crippen molar-refractivity contribution >= 4 is 0 Å². The highest BCUT2D eigenvalue weighted by Gasteiger charge is 2.27. The molecule has 1 unspecified atom stereocenters. The molecule has 7 heteroatoms. The monoisotopic (exact) mass is 381 g/mol. The second-order valence-corrected chi connectivity index (χ2v) is 6.65. The number of aliphatic hydroxyl groups excluding tert-OH is 1. The van der Waals surface area contributed by atoms with Crippen molar-refractivity contribution in [3.05, 3.63) is 77.2 Å². The van der Waals surface area contributed by atoms with Crippen molar-refractivity contribution in [2.75, 3.05) is 13.2 Å². The van der Waals surface area contributed by atoms with Crippen molar-refractivity contribution < 1.29 is 14.9 Å². The lowest BCUT2D eigenvalue weighted by Gasteiger charge is -2.26. The van der Waals surface area contributed by atoms with Gasteiger partial charge in [-0.1, -0.05) is 47.7 Å². The Labute approximate surface area is 162 Å². The van der Waals surface area contributed by atoms with E-state index in [0.29, 0.717) is 18.7 Å². The van der Waals surface area contributed by atoms with Crippen molar-refractivity contribution in [1.82, 2.24) is 15.0 Å². The fourth-order valence-corrected chi connectivity index (χ4v) is 2.82. The Hall–Kier alpha value is -3.03. The van der Waals surface area contributed by atoms with E-state index in [-0.39, 0.29) is 18.6 Å². The minimum absolute atomic E-state index is 0.0520. The van der Waals surface area contributed by atoms with Crippen LogP contribution in [0.2, 0.25) is 0 Å². The first-order chi connectivity index (χ1) is 13.6. The Kier molecular flexibility index (Phi) is 6.52. The van der Waals surface area contributed by atoms with Gasteiger partial charge in [-0.15, -0.1) is 5.10 Å². The number of aryl methyl sites for hydroxylation is 1. The van der Waals surface area contributed by atoms with E-state index in [2.05, 4.69) is 10.3 Å². The maximum absolute atomic E-state index is 11.6. The fraction of sp³-hybridized carbons (Fsp3) is 0.286. The molecule has 1 aromatic heterocycles. The third-order valence-electron chi connectivity index (χ3n) is 4.47. The number of nitrogens with zero attached hydrogens (tertiary/aromatic N) is 3. The second kappa shape index (κ2) is 9.25. The van der Waals surface area contributed by atoms with Gasteiger partial charge in [-0.3, -0.25) is 4.79 Å². The first kappa shape index (κ1) is 19.7. The topological polar surface area (TPSA) is 97.5 Å². The molecule has 0 spiro atoms. The van der Waals surface area contributed by atoms with Crippen LogP contribution in [0, 0.1) is 0 Å². The lowest BCUT2D eigenvalue weighted by Crippen LogP contribution is -2.40. The molecular formula is C21H23N3O4. The molecule has 0 saturated heterocycles. The Morgan fingerprint density at radius 2 is 1.71 bits per heavy atom. The van der Waals surface area contributed by atoms with Gasteiger partial charge in [-0.2, -0.15) is 0 Å². The number of ether oxygens (including phenoxy) is 1. The van der Waals surface area contributed by atoms with E-state index in [9.17, 15) is 15.0 Å². The summed E-state index contributed by atoms with van der Waals surface area (Å²) in [5.41, 5.74) is 0.529. The standard InChI is InChI=1S/C21H23N3O4/c25-15-21(27,12-4-14-24-20(26)11-13-22-23-24)16-28-19-9-7-18(8-10-19)17-5-2-1-3-6-17/h1-3,5-11,13,25,27H,4,12,14-16H2. The molecule has 0 amide bonds. The molecule has 2 aromatic carbocycles. The van der Waals surface area contributed by atoms with Gasteiger partial charge in [-0.05, 0) is 36.1 Å². The number of hydrogen-bond acceptors (Lipinski definition) is 6. The van der Waals surface area contributed by atoms with E-state index in [0.717, 1.165) is 11.1 Å². The molecule has 0 aliphatic heterocycles. The quantitative estimate of drug-likeness (QED) is 0.587. The number of hydrogen-bond donors (Lipinski definition) is 2. The van der Waals surface area contributed by atoms with E-state index in [4.69, 9.17) is 4.74 Å². The summed E-state index contributed by atoms with van der Waals surface area (Å²) < 4.78 is 6.90. The molecule has 3 aromatic rings. The smallest absolute Gasteiger partial charge is 0.269 e. The van der Waals surface area contributed by atoms with Crippen molar-refractivity contribution in [3.63, 3.8) is 0 Å². The van der Waals surface area contributed by atoms with Gasteiger partial charge in [0.2, 0.25) is 0 Å². The molecule has 28 heavy (non-hydrogen) atoms. The zero-order chi connectivity index (χ0) is 19.8. The number of rotatable bonds is 9. The van der Waals surface area contributed by atoms with Crippen LogP contribution in [0.3, 0.4) is 0 Å². The average molecular weight is 381 g/mol. The highest BCUT2D eigenvalue weighted by Crippen LogP contribution is 2.23. The van der Waals surface area contributed by atoms with Gasteiger partial charge >= 0.3 is 0 Å². The van der Waals surface area contributed by atoms with Crippen molar-refractivity contribution in [1.29, 1.82) is 0 Å². The molecule has 3 rings (SSSR count). The predicted octanol–water partition coefficient (Wildman–Crippen LogP) is 1.89. The van der Waals surface area contributed by atoms with Crippen LogP contribution in [0.4, 0.5) is 0 Å². The molecule has 2 N–H and O–H groups in total. The van der Waals surface area contributed by atoms with Crippen LogP contribution in [0.5, 0.6) is 5.75 Å². The van der Waals surface area contributed by atoms with Gasteiger partial charge < -0.3 is 14.9 Å². The van der Waals surface area contributed by atoms with E-state index >= 15 is 0 Å². The summed E-state index contributed by atoms with van der Waals surface area (Å²) in [5.74, 6) is 0.608. The van der Waals surface area contributed by atoms with Gasteiger partial charge in [0.1, 0.15) is 18.0 Å². The molecule has 1 heterocycles. The van der Waals surface area contributed by atoms with Crippen LogP contribution in [0.15, 0.2) is 71.7 Å². The molecular weight excluding hydrogens is 358 g/mol. The van der Waals surface area contributed by atoms with Crippen LogP contribution in [0.1, 0.15) is 12.8 Å². The third-order valence-corrected chi connectivity index (χ3v) is 4.47. The van der Waals surface area contributed by atoms with Gasteiger partial charge in [0.05, 0.1) is 12.8 Å². The summed E-state index contributed by atoms with van der Waals surface area (Å²) >= 11 is 0. The van der Waals surface area contributed by atoms with E-state index in [1.165, 1.54) is 16.9 Å². The Morgan fingerprint density at radius 1 is 1.00 bits per heavy atom. The second-order valence-electron chi connectivity index (χ2n) is 6.65. The first-order valence-corrected chi connectivity index (χ1v) is 9.10. The van der Waals surface area contributed by atoms with Gasteiger partial charge in [0, 0.05) is 12.6 Å². The Bertz CT molecular complexity index is 928. The van der Waals surface area contributed by atoms with E-state index in [1.807, 2.05) is 54.6 Å². The minimum Gasteiger partial charge on any atom is -0.491 e. The summed E-state index contributed by atoms with van der Waals surface area (Å²) in [4.78, 5) is 11.6. The lowest BCUT2D eigenvalue weighted by molar-refractivity contribution is -0.0550. The maximum atomic E-state index is 11.6. The molecule has 0 bridgehead atoms. The zero-order valence-corrected chi connectivity index (χ0v) is 15.4. The zero-order valence-electron chi connectivity index (χ0n) is 15.4. The maximum Gasteiger partial charge on any atom is 0.269 e. The van der Waals surface area contributed by atoms with Gasteiger partial charge in [-0.25, -0.2) is 4.68 Å². The number of benzene rings is 2. The SMILES string of the molecule is O=c1ccnnn1CCCC(O)(CO)COc1ccc(-c2ccccc2)cc1. The first-order valence-electron chi connectivity index (χ1n) is 9.10. The van der Waals surface area contributed by atoms with Crippen molar-refractivity contribution in [3.8, 4) is 16.9 Å². The molecule has 146 valence electrons. The molecule has 0 aliphatic carbocycles. The molecule has 1 atom stereocenters. The summed E-state index contributed by atoms with van der Waals surface area (Å²) in [6, 6.07) is 18.9. The molecule has 0 aliphatic rings. The molecule has 0 radical (unpaired) electrons. The Morgan fingerprint density at radius 3 is 2.39 bits per heavy atom. The molecule has 0 fully saturated rings. The van der Waals surface area contributed by atoms with Crippen LogP contribution in [-0.2, 0) is 6.54 Å². The average Bonchev–Trinajstić information content (AvgIpc) is 2.75. The minimum atomic E-state index is -1.40. The highest BCUT2D eigenvalue weighted by molar-refractivity contribution is 5.63. The van der Waals surface area contributed by atoms with E-state index < -0.39 is 12.2 Å². The summed E-state index contributed by atoms with van der Waals surface area (Å²) in [6.45, 7) is -0.186. The summed E-state index contributed by atoms with van der Waals surface area (Å²) in [6.07, 6.45) is 2.04. The molecule has 0 saturated carbocycles. The fourth-order valence-electron chi connectivity index (χ4n) is 2.82. The predicted molar refractivity (Wildman–Crippen MR) is 105 cm³/mol. The van der Waals surface area contributed by atoms with Crippen molar-refractivity contribution in [2.45, 2.75) is 25.0 Å². The summed E-state index contributed by atoms with van der Waals surface area (Å²) in [5, 5.41) is 27.5. The summed E-state index contributed by atoms with van der Waals surface area (Å²) in [7, 11) is 0.